The Balaban J connectivity index is 1.27. The number of halogens is 7. The number of nitrogens with one attached hydrogen (secondary N) is 3. The van der Waals surface area contributed by atoms with Gasteiger partial charge in [-0.1, -0.05) is 26.0 Å². The summed E-state index contributed by atoms with van der Waals surface area (Å²) in [7, 11) is -3.17. The Morgan fingerprint density at radius 3 is 2.37 bits per heavy atom. The van der Waals surface area contributed by atoms with E-state index >= 15 is 0 Å². The molecule has 0 bridgehead atoms. The van der Waals surface area contributed by atoms with Crippen molar-refractivity contribution in [3.05, 3.63) is 54.4 Å². The van der Waals surface area contributed by atoms with Crippen LogP contribution in [0.15, 0.2) is 48.7 Å². The summed E-state index contributed by atoms with van der Waals surface area (Å²) in [5.74, 6) is -4.49. The molecule has 7 rings (SSSR count). The number of nitrogens with zero attached hydrogens (tertiary/aromatic N) is 4. The lowest BCUT2D eigenvalue weighted by Gasteiger charge is -2.34. The van der Waals surface area contributed by atoms with Crippen LogP contribution in [0.2, 0.25) is 0 Å². The van der Waals surface area contributed by atoms with Gasteiger partial charge in [-0.3, -0.25) is 19.1 Å². The van der Waals surface area contributed by atoms with E-state index in [1.54, 1.807) is 31.2 Å². The highest BCUT2D eigenvalue weighted by molar-refractivity contribution is 7.91. The zero-order valence-electron chi connectivity index (χ0n) is 37.0. The molecule has 4 heterocycles. The highest BCUT2D eigenvalue weighted by Crippen LogP contribution is 2.48. The molecule has 3 fully saturated rings. The van der Waals surface area contributed by atoms with Crippen LogP contribution < -0.4 is 24.8 Å². The smallest absolute Gasteiger partial charge is 0.435 e. The number of carbonyl (C=O) groups is 4. The topological polar surface area (TPSA) is 200 Å². The summed E-state index contributed by atoms with van der Waals surface area (Å²) >= 11 is 0. The first-order valence-corrected chi connectivity index (χ1v) is 23.0. The average molecular weight is 974 g/mol. The molecular formula is C43H50F7N7O9S. The van der Waals surface area contributed by atoms with Crippen LogP contribution in [-0.4, -0.2) is 112 Å². The Hall–Kier alpha value is -5.68. The van der Waals surface area contributed by atoms with Crippen LogP contribution in [0.5, 0.6) is 11.5 Å². The number of rotatable bonds is 10. The summed E-state index contributed by atoms with van der Waals surface area (Å²) in [5, 5.41) is 8.90. The van der Waals surface area contributed by atoms with Crippen LogP contribution in [0.1, 0.15) is 78.3 Å². The van der Waals surface area contributed by atoms with Crippen LogP contribution >= 0.6 is 0 Å². The molecule has 7 atom stereocenters. The molecule has 1 saturated heterocycles. The molecule has 2 saturated carbocycles. The first-order chi connectivity index (χ1) is 31.2. The van der Waals surface area contributed by atoms with E-state index in [0.717, 1.165) is 21.8 Å². The van der Waals surface area contributed by atoms with E-state index in [4.69, 9.17) is 14.2 Å². The van der Waals surface area contributed by atoms with Crippen molar-refractivity contribution in [1.29, 1.82) is 0 Å². The van der Waals surface area contributed by atoms with Gasteiger partial charge in [-0.05, 0) is 82.4 Å². The van der Waals surface area contributed by atoms with Gasteiger partial charge in [-0.25, -0.2) is 27.3 Å². The van der Waals surface area contributed by atoms with Gasteiger partial charge in [0, 0.05) is 36.1 Å². The minimum Gasteiger partial charge on any atom is -0.497 e. The SMILES string of the molecule is COc1ccc2c(O[C@@H]3C[C@H]4C(=O)N[C@]5(C(=O)NS(=O)(=O)C6(CF)CC6)C[C@H]5/C=C\CC[C@@H](C)C[C@@H](C)[C@H](NC(=O)OC(C)(C)C(F)(F)F)C(=O)N4C3)cc(-n3ccc(C(F)(F)F)n3)nc2c1. The number of aromatic nitrogens is 3. The molecule has 0 radical (unpaired) electrons. The van der Waals surface area contributed by atoms with Crippen LogP contribution in [0.3, 0.4) is 0 Å². The average Bonchev–Trinajstić information content (AvgIpc) is 4.06. The van der Waals surface area contributed by atoms with Crippen LogP contribution in [0.4, 0.5) is 35.5 Å². The summed E-state index contributed by atoms with van der Waals surface area (Å²) < 4.78 is 140. The first kappa shape index (κ1) is 49.2. The number of pyridine rings is 1. The Morgan fingerprint density at radius 2 is 1.75 bits per heavy atom. The molecule has 0 unspecified atom stereocenters. The number of fused-ring (bicyclic) bond motifs is 3. The second kappa shape index (κ2) is 17.8. The lowest BCUT2D eigenvalue weighted by Crippen LogP contribution is -2.60. The van der Waals surface area contributed by atoms with Crippen molar-refractivity contribution in [2.45, 2.75) is 119 Å². The summed E-state index contributed by atoms with van der Waals surface area (Å²) in [6.45, 7) is 3.04. The number of alkyl carbamates (subject to hydrolysis) is 1. The van der Waals surface area contributed by atoms with Crippen molar-refractivity contribution in [1.82, 2.24) is 35.0 Å². The molecular weight excluding hydrogens is 924 g/mol. The number of methoxy groups -OCH3 is 1. The van der Waals surface area contributed by atoms with Crippen LogP contribution in [-0.2, 0) is 35.3 Å². The zero-order valence-corrected chi connectivity index (χ0v) is 37.8. The van der Waals surface area contributed by atoms with E-state index in [-0.39, 0.29) is 55.1 Å². The fourth-order valence-electron chi connectivity index (χ4n) is 8.48. The predicted octanol–water partition coefficient (Wildman–Crippen LogP) is 6.07. The van der Waals surface area contributed by atoms with E-state index < -0.39 is 111 Å². The number of sulfonamides is 1. The Kier molecular flexibility index (Phi) is 13.1. The van der Waals surface area contributed by atoms with E-state index in [2.05, 4.69) is 20.7 Å². The van der Waals surface area contributed by atoms with E-state index in [1.165, 1.54) is 19.2 Å². The molecule has 3 aromatic rings. The van der Waals surface area contributed by atoms with Crippen LogP contribution in [0.25, 0.3) is 16.7 Å². The number of amides is 4. The molecule has 2 aromatic heterocycles. The van der Waals surface area contributed by atoms with Crippen molar-refractivity contribution < 1.29 is 72.5 Å². The maximum Gasteiger partial charge on any atom is 0.435 e. The standard InChI is InChI=1S/C43H50F7N7O9S/c1-23-8-6-7-9-25-20-41(25,37(60)55-67(62,63)40(22-44)13-14-40)53-35(58)30-18-27(21-56(30)36(59)34(24(2)16-23)52-38(61)66-39(3,4)43(48,49)50)65-31-19-33(57-15-12-32(54-57)42(45,46)47)51-29-17-26(64-5)10-11-28(29)31/h7,9-12,15,17,19,23-25,27,30,34H,6,8,13-14,16,18,20-22H2,1-5H3,(H,52,61)(H,53,58)(H,55,60)/b9-7-/t23-,24-,25-,27-,30+,34+,41-/m1/s1. The summed E-state index contributed by atoms with van der Waals surface area (Å²) in [6.07, 6.45) is -7.32. The second-order valence-electron chi connectivity index (χ2n) is 18.4. The normalized spacial score (nSPS) is 27.4. The van der Waals surface area contributed by atoms with Gasteiger partial charge in [0.05, 0.1) is 19.2 Å². The third-order valence-corrected chi connectivity index (χ3v) is 15.1. The molecule has 24 heteroatoms. The first-order valence-electron chi connectivity index (χ1n) is 21.5. The van der Waals surface area contributed by atoms with Crippen molar-refractivity contribution in [2.24, 2.45) is 17.8 Å². The molecule has 4 aliphatic rings. The highest BCUT2D eigenvalue weighted by Gasteiger charge is 2.64. The molecule has 16 nitrogen and oxygen atoms in total. The van der Waals surface area contributed by atoms with Crippen molar-refractivity contribution in [3.8, 4) is 17.3 Å². The van der Waals surface area contributed by atoms with Crippen molar-refractivity contribution in [3.63, 3.8) is 0 Å². The van der Waals surface area contributed by atoms with Gasteiger partial charge in [0.15, 0.2) is 11.5 Å². The fourth-order valence-corrected chi connectivity index (χ4v) is 9.91. The zero-order chi connectivity index (χ0) is 49.1. The number of ether oxygens (including phenoxy) is 3. The molecule has 2 aliphatic carbocycles. The number of hydrogen-bond acceptors (Lipinski definition) is 11. The van der Waals surface area contributed by atoms with Gasteiger partial charge in [0.1, 0.15) is 46.6 Å². The molecule has 0 spiro atoms. The monoisotopic (exact) mass is 973 g/mol. The molecule has 67 heavy (non-hydrogen) atoms. The van der Waals surface area contributed by atoms with Crippen molar-refractivity contribution in [2.75, 3.05) is 20.3 Å². The second-order valence-corrected chi connectivity index (χ2v) is 20.4. The Bertz CT molecular complexity index is 2570. The fraction of sp³-hybridized carbons (Fsp3) is 0.581. The third kappa shape index (κ3) is 9.99. The van der Waals surface area contributed by atoms with Crippen LogP contribution in [0, 0.1) is 17.8 Å². The minimum atomic E-state index is -5.00. The summed E-state index contributed by atoms with van der Waals surface area (Å²) in [4.78, 5) is 62.4. The Morgan fingerprint density at radius 1 is 1.03 bits per heavy atom. The molecule has 2 aliphatic heterocycles. The molecule has 3 N–H and O–H groups in total. The Labute approximate surface area is 380 Å². The summed E-state index contributed by atoms with van der Waals surface area (Å²) in [5.41, 5.74) is -5.89. The lowest BCUT2D eigenvalue weighted by atomic mass is 9.88. The minimum absolute atomic E-state index is 0.0115. The van der Waals surface area contributed by atoms with Gasteiger partial charge in [-0.15, -0.1) is 0 Å². The molecule has 366 valence electrons. The third-order valence-electron chi connectivity index (χ3n) is 12.9. The van der Waals surface area contributed by atoms with Crippen molar-refractivity contribution >= 4 is 44.7 Å². The lowest BCUT2D eigenvalue weighted by molar-refractivity contribution is -0.244. The van der Waals surface area contributed by atoms with Gasteiger partial charge in [0.25, 0.3) is 5.91 Å². The number of alkyl halides is 7. The number of allylic oxidation sites excluding steroid dienone is 1. The van der Waals surface area contributed by atoms with Gasteiger partial charge in [0.2, 0.25) is 27.4 Å². The maximum absolute atomic E-state index is 14.9. The van der Waals surface area contributed by atoms with Gasteiger partial charge >= 0.3 is 18.4 Å². The van der Waals surface area contributed by atoms with E-state index in [9.17, 15) is 58.3 Å². The van der Waals surface area contributed by atoms with Gasteiger partial charge < -0.3 is 29.7 Å². The maximum atomic E-state index is 14.9. The largest absolute Gasteiger partial charge is 0.497 e. The number of carbonyl (C=O) groups excluding carboxylic acids is 4. The molecule has 1 aromatic carbocycles. The predicted molar refractivity (Wildman–Crippen MR) is 224 cm³/mol. The highest BCUT2D eigenvalue weighted by atomic mass is 32.2. The van der Waals surface area contributed by atoms with Gasteiger partial charge in [-0.2, -0.15) is 31.4 Å². The number of benzene rings is 1. The van der Waals surface area contributed by atoms with E-state index in [1.807, 2.05) is 11.6 Å². The number of hydrogen-bond donors (Lipinski definition) is 3. The van der Waals surface area contributed by atoms with E-state index in [0.29, 0.717) is 37.8 Å². The molecule has 4 amide bonds. The summed E-state index contributed by atoms with van der Waals surface area (Å²) in [6, 6.07) is 3.49. The quantitative estimate of drug-likeness (QED) is 0.158.